The molecule has 5 heteroatoms. The predicted molar refractivity (Wildman–Crippen MR) is 92.6 cm³/mol. The molecule has 1 amide bonds. The van der Waals surface area contributed by atoms with Gasteiger partial charge >= 0.3 is 0 Å². The number of hydrogen-bond acceptors (Lipinski definition) is 4. The maximum atomic E-state index is 11.8. The highest BCUT2D eigenvalue weighted by atomic mass is 32.1. The van der Waals surface area contributed by atoms with Crippen LogP contribution in [0.25, 0.3) is 11.3 Å². The highest BCUT2D eigenvalue weighted by Crippen LogP contribution is 2.21. The number of ether oxygens (including phenoxy) is 1. The fraction of sp³-hybridized carbons (Fsp3) is 0.444. The first-order chi connectivity index (χ1) is 11.2. The van der Waals surface area contributed by atoms with E-state index in [4.69, 9.17) is 4.74 Å². The first kappa shape index (κ1) is 16.1. The molecule has 1 aromatic carbocycles. The van der Waals surface area contributed by atoms with Crippen molar-refractivity contribution in [1.82, 2.24) is 10.3 Å². The average Bonchev–Trinajstić information content (AvgIpc) is 3.20. The van der Waals surface area contributed by atoms with Crippen molar-refractivity contribution in [2.45, 2.75) is 38.7 Å². The predicted octanol–water partition coefficient (Wildman–Crippen LogP) is 3.35. The molecule has 4 nitrogen and oxygen atoms in total. The largest absolute Gasteiger partial charge is 0.378 e. The Bertz CT molecular complexity index is 645. The smallest absolute Gasteiger partial charge is 0.222 e. The zero-order valence-corrected chi connectivity index (χ0v) is 14.2. The van der Waals surface area contributed by atoms with Crippen LogP contribution in [0, 0.1) is 6.92 Å². The molecule has 122 valence electrons. The van der Waals surface area contributed by atoms with Gasteiger partial charge in [0.15, 0.2) is 0 Å². The molecule has 23 heavy (non-hydrogen) atoms. The van der Waals surface area contributed by atoms with Gasteiger partial charge < -0.3 is 10.1 Å². The van der Waals surface area contributed by atoms with Crippen LogP contribution >= 0.6 is 11.3 Å². The molecule has 1 saturated heterocycles. The lowest BCUT2D eigenvalue weighted by Crippen LogP contribution is -2.28. The summed E-state index contributed by atoms with van der Waals surface area (Å²) in [5.41, 5.74) is 3.39. The zero-order chi connectivity index (χ0) is 16.1. The first-order valence-electron chi connectivity index (χ1n) is 8.10. The van der Waals surface area contributed by atoms with Gasteiger partial charge in [-0.1, -0.05) is 24.3 Å². The van der Waals surface area contributed by atoms with Gasteiger partial charge in [0.1, 0.15) is 0 Å². The highest BCUT2D eigenvalue weighted by Gasteiger charge is 2.18. The third-order valence-electron chi connectivity index (χ3n) is 4.04. The molecule has 1 atom stereocenters. The molecule has 0 spiro atoms. The average molecular weight is 330 g/mol. The van der Waals surface area contributed by atoms with Gasteiger partial charge in [0.2, 0.25) is 5.91 Å². The van der Waals surface area contributed by atoms with Crippen LogP contribution in [-0.4, -0.2) is 30.1 Å². The Hall–Kier alpha value is -1.72. The van der Waals surface area contributed by atoms with Crippen LogP contribution in [0.3, 0.4) is 0 Å². The van der Waals surface area contributed by atoms with E-state index in [0.717, 1.165) is 42.1 Å². The van der Waals surface area contributed by atoms with E-state index in [1.54, 1.807) is 11.3 Å². The minimum atomic E-state index is 0.0893. The lowest BCUT2D eigenvalue weighted by atomic mass is 10.1. The third-order valence-corrected chi connectivity index (χ3v) is 4.82. The van der Waals surface area contributed by atoms with Gasteiger partial charge in [0.05, 0.1) is 23.2 Å². The van der Waals surface area contributed by atoms with Gasteiger partial charge in [0.25, 0.3) is 0 Å². The number of rotatable bonds is 6. The van der Waals surface area contributed by atoms with Gasteiger partial charge in [0, 0.05) is 24.1 Å². The van der Waals surface area contributed by atoms with Gasteiger partial charge in [-0.15, -0.1) is 11.3 Å². The molecule has 1 aliphatic heterocycles. The molecule has 0 aliphatic carbocycles. The van der Waals surface area contributed by atoms with Crippen LogP contribution in [-0.2, 0) is 16.0 Å². The van der Waals surface area contributed by atoms with E-state index < -0.39 is 0 Å². The van der Waals surface area contributed by atoms with Crippen molar-refractivity contribution < 1.29 is 9.53 Å². The van der Waals surface area contributed by atoms with Gasteiger partial charge in [-0.2, -0.15) is 0 Å². The monoisotopic (exact) mass is 330 g/mol. The fourth-order valence-electron chi connectivity index (χ4n) is 2.77. The van der Waals surface area contributed by atoms with Crippen molar-refractivity contribution in [1.29, 1.82) is 0 Å². The Morgan fingerprint density at radius 3 is 2.87 bits per heavy atom. The number of amides is 1. The number of benzene rings is 1. The Balaban J connectivity index is 1.44. The highest BCUT2D eigenvalue weighted by molar-refractivity contribution is 7.09. The summed E-state index contributed by atoms with van der Waals surface area (Å²) >= 11 is 1.66. The number of thiazole rings is 1. The van der Waals surface area contributed by atoms with Gasteiger partial charge in [-0.3, -0.25) is 4.79 Å². The number of nitrogens with one attached hydrogen (secondary N) is 1. The number of aryl methyl sites for hydroxylation is 1. The fourth-order valence-corrected chi connectivity index (χ4v) is 3.39. The van der Waals surface area contributed by atoms with Crippen molar-refractivity contribution in [3.63, 3.8) is 0 Å². The first-order valence-corrected chi connectivity index (χ1v) is 8.98. The molecule has 1 unspecified atom stereocenters. The van der Waals surface area contributed by atoms with Crippen LogP contribution < -0.4 is 5.32 Å². The van der Waals surface area contributed by atoms with E-state index in [2.05, 4.69) is 39.9 Å². The maximum absolute atomic E-state index is 11.8. The molecular weight excluding hydrogens is 308 g/mol. The molecule has 3 rings (SSSR count). The molecule has 1 aromatic heterocycles. The van der Waals surface area contributed by atoms with Crippen molar-refractivity contribution in [2.75, 3.05) is 13.2 Å². The Morgan fingerprint density at radius 2 is 2.22 bits per heavy atom. The maximum Gasteiger partial charge on any atom is 0.222 e. The summed E-state index contributed by atoms with van der Waals surface area (Å²) in [6.45, 7) is 3.48. The zero-order valence-electron chi connectivity index (χ0n) is 13.4. The quantitative estimate of drug-likeness (QED) is 0.884. The molecule has 2 heterocycles. The van der Waals surface area contributed by atoms with Gasteiger partial charge in [-0.25, -0.2) is 4.98 Å². The number of carbonyl (C=O) groups excluding carboxylic acids is 1. The lowest BCUT2D eigenvalue weighted by Gasteiger charge is -2.10. The van der Waals surface area contributed by atoms with Crippen LogP contribution in [0.2, 0.25) is 0 Å². The Kier molecular flexibility index (Phi) is 5.41. The van der Waals surface area contributed by atoms with E-state index in [1.165, 1.54) is 5.56 Å². The Labute approximate surface area is 140 Å². The van der Waals surface area contributed by atoms with E-state index in [1.807, 2.05) is 6.92 Å². The number of carbonyl (C=O) groups is 1. The molecule has 0 saturated carbocycles. The topological polar surface area (TPSA) is 51.2 Å². The second kappa shape index (κ2) is 7.70. The van der Waals surface area contributed by atoms with E-state index in [0.29, 0.717) is 13.0 Å². The summed E-state index contributed by atoms with van der Waals surface area (Å²) in [7, 11) is 0. The summed E-state index contributed by atoms with van der Waals surface area (Å²) in [6, 6.07) is 8.41. The molecular formula is C18H22N2O2S. The van der Waals surface area contributed by atoms with Crippen LogP contribution in [0.5, 0.6) is 0 Å². The van der Waals surface area contributed by atoms with Crippen LogP contribution in [0.15, 0.2) is 29.6 Å². The SMILES string of the molecule is Cc1nc(-c2ccc(CCNC(=O)CC3CCCO3)cc2)cs1. The number of nitrogens with zero attached hydrogens (tertiary/aromatic N) is 1. The van der Waals surface area contributed by atoms with E-state index >= 15 is 0 Å². The molecule has 1 aliphatic rings. The van der Waals surface area contributed by atoms with Crippen molar-refractivity contribution >= 4 is 17.2 Å². The number of hydrogen-bond donors (Lipinski definition) is 1. The molecule has 0 radical (unpaired) electrons. The second-order valence-electron chi connectivity index (χ2n) is 5.89. The molecule has 1 N–H and O–H groups in total. The minimum Gasteiger partial charge on any atom is -0.378 e. The van der Waals surface area contributed by atoms with Gasteiger partial charge in [-0.05, 0) is 31.7 Å². The third kappa shape index (κ3) is 4.62. The van der Waals surface area contributed by atoms with Crippen molar-refractivity contribution in [3.8, 4) is 11.3 Å². The Morgan fingerprint density at radius 1 is 1.39 bits per heavy atom. The molecule has 1 fully saturated rings. The summed E-state index contributed by atoms with van der Waals surface area (Å²) in [5, 5.41) is 6.14. The number of aromatic nitrogens is 1. The van der Waals surface area contributed by atoms with Crippen LogP contribution in [0.1, 0.15) is 29.8 Å². The van der Waals surface area contributed by atoms with E-state index in [9.17, 15) is 4.79 Å². The second-order valence-corrected chi connectivity index (χ2v) is 6.95. The summed E-state index contributed by atoms with van der Waals surface area (Å²) in [5.74, 6) is 0.0893. The van der Waals surface area contributed by atoms with Crippen molar-refractivity contribution in [2.24, 2.45) is 0 Å². The standard InChI is InChI=1S/C18H22N2O2S/c1-13-20-17(12-23-13)15-6-4-14(5-7-15)8-9-19-18(21)11-16-3-2-10-22-16/h4-7,12,16H,2-3,8-11H2,1H3,(H,19,21). The van der Waals surface area contributed by atoms with Crippen molar-refractivity contribution in [3.05, 3.63) is 40.2 Å². The molecule has 2 aromatic rings. The van der Waals surface area contributed by atoms with Crippen LogP contribution in [0.4, 0.5) is 0 Å². The molecule has 0 bridgehead atoms. The summed E-state index contributed by atoms with van der Waals surface area (Å²) in [4.78, 5) is 16.3. The lowest BCUT2D eigenvalue weighted by molar-refractivity contribution is -0.123. The summed E-state index contributed by atoms with van der Waals surface area (Å²) < 4.78 is 5.48. The normalized spacial score (nSPS) is 17.3. The van der Waals surface area contributed by atoms with E-state index in [-0.39, 0.29) is 12.0 Å². The summed E-state index contributed by atoms with van der Waals surface area (Å²) in [6.07, 6.45) is 3.53. The minimum absolute atomic E-state index is 0.0893.